The molecule has 0 unspecified atom stereocenters. The average Bonchev–Trinajstić information content (AvgIpc) is 2.60. The quantitative estimate of drug-likeness (QED) is 0.586. The second-order valence-corrected chi connectivity index (χ2v) is 4.21. The molecule has 0 aliphatic heterocycles. The van der Waals surface area contributed by atoms with E-state index >= 15 is 0 Å². The molecule has 1 amide bonds. The molecule has 2 aromatic rings. The van der Waals surface area contributed by atoms with E-state index < -0.39 is 5.91 Å². The van der Waals surface area contributed by atoms with Gasteiger partial charge in [-0.1, -0.05) is 0 Å². The molecule has 5 heteroatoms. The summed E-state index contributed by atoms with van der Waals surface area (Å²) in [6.07, 6.45) is 0. The Morgan fingerprint density at radius 3 is 3.08 bits per heavy atom. The van der Waals surface area contributed by atoms with Crippen LogP contribution in [0.5, 0.6) is 0 Å². The summed E-state index contributed by atoms with van der Waals surface area (Å²) in [6.45, 7) is 0. The Kier molecular flexibility index (Phi) is 1.67. The zero-order valence-corrected chi connectivity index (χ0v) is 7.62. The summed E-state index contributed by atoms with van der Waals surface area (Å²) in [4.78, 5) is 25.6. The standard InChI is InChI=1S/C7H4N2O2Se/c10-6(9-11)5-3-4-1-2-12-7(4)8-5/h1-3,8H. The fraction of sp³-hybridized carbons (Fsp3) is 0. The molecule has 2 heterocycles. The molecule has 0 aliphatic rings. The number of aromatic nitrogens is 1. The van der Waals surface area contributed by atoms with Crippen LogP contribution < -0.4 is 0 Å². The summed E-state index contributed by atoms with van der Waals surface area (Å²) in [5.74, 6) is -0.728. The predicted octanol–water partition coefficient (Wildman–Crippen LogP) is 1.13. The van der Waals surface area contributed by atoms with Gasteiger partial charge in [0.2, 0.25) is 0 Å². The minimum atomic E-state index is -0.728. The molecule has 0 spiro atoms. The summed E-state index contributed by atoms with van der Waals surface area (Å²) in [6, 6.07) is 3.59. The van der Waals surface area contributed by atoms with Gasteiger partial charge in [-0.05, 0) is 0 Å². The Balaban J connectivity index is 2.58. The molecular formula is C7H4N2O2Se. The Morgan fingerprint density at radius 2 is 2.42 bits per heavy atom. The number of nitrogens with one attached hydrogen (secondary N) is 1. The van der Waals surface area contributed by atoms with E-state index in [9.17, 15) is 9.70 Å². The van der Waals surface area contributed by atoms with Gasteiger partial charge < -0.3 is 0 Å². The third-order valence-corrected chi connectivity index (χ3v) is 3.33. The van der Waals surface area contributed by atoms with Gasteiger partial charge >= 0.3 is 72.8 Å². The zero-order chi connectivity index (χ0) is 8.55. The number of carbonyl (C=O) groups is 1. The number of amides is 1. The Bertz CT molecular complexity index is 414. The summed E-state index contributed by atoms with van der Waals surface area (Å²) in [5.41, 5.74) is 0.293. The number of hydrogen-bond acceptors (Lipinski definition) is 2. The van der Waals surface area contributed by atoms with E-state index in [4.69, 9.17) is 0 Å². The first-order valence-electron chi connectivity index (χ1n) is 3.25. The molecule has 0 fully saturated rings. The van der Waals surface area contributed by atoms with Crippen LogP contribution in [-0.4, -0.2) is 25.4 Å². The zero-order valence-electron chi connectivity index (χ0n) is 5.90. The van der Waals surface area contributed by atoms with Crippen molar-refractivity contribution in [2.45, 2.75) is 0 Å². The van der Waals surface area contributed by atoms with E-state index in [2.05, 4.69) is 15.1 Å². The van der Waals surface area contributed by atoms with Gasteiger partial charge in [0, 0.05) is 0 Å². The van der Waals surface area contributed by atoms with Crippen molar-refractivity contribution in [3.05, 3.63) is 27.7 Å². The first-order valence-corrected chi connectivity index (χ1v) is 5.10. The van der Waals surface area contributed by atoms with Crippen LogP contribution in [0.25, 0.3) is 9.78 Å². The number of rotatable bonds is 1. The Morgan fingerprint density at radius 1 is 1.58 bits per heavy atom. The molecule has 2 rings (SSSR count). The first kappa shape index (κ1) is 7.46. The van der Waals surface area contributed by atoms with Gasteiger partial charge in [-0.15, -0.1) is 0 Å². The number of carbonyl (C=O) groups excluding carboxylic acids is 1. The Labute approximate surface area is 73.3 Å². The molecule has 60 valence electrons. The first-order chi connectivity index (χ1) is 5.81. The molecule has 0 bridgehead atoms. The van der Waals surface area contributed by atoms with Crippen LogP contribution in [0.2, 0.25) is 0 Å². The van der Waals surface area contributed by atoms with Crippen LogP contribution in [0, 0.1) is 4.91 Å². The van der Waals surface area contributed by atoms with Crippen molar-refractivity contribution in [2.24, 2.45) is 5.18 Å². The third kappa shape index (κ3) is 1.03. The molecular weight excluding hydrogens is 223 g/mol. The van der Waals surface area contributed by atoms with E-state index in [1.807, 2.05) is 6.07 Å². The van der Waals surface area contributed by atoms with Crippen molar-refractivity contribution in [1.29, 1.82) is 0 Å². The fourth-order valence-corrected chi connectivity index (χ4v) is 2.65. The van der Waals surface area contributed by atoms with Crippen molar-refractivity contribution in [1.82, 2.24) is 4.98 Å². The van der Waals surface area contributed by atoms with Crippen LogP contribution in [0.3, 0.4) is 0 Å². The summed E-state index contributed by atoms with van der Waals surface area (Å²) in [7, 11) is 0. The molecule has 0 saturated carbocycles. The normalized spacial score (nSPS) is 10.3. The number of nitroso groups, excluding NO2 is 1. The SMILES string of the molecule is O=NC(=O)c1cc2cc[se]c2[nH]1. The van der Waals surface area contributed by atoms with Gasteiger partial charge in [-0.2, -0.15) is 0 Å². The number of nitrogens with zero attached hydrogens (tertiary/aromatic N) is 1. The molecule has 1 N–H and O–H groups in total. The van der Waals surface area contributed by atoms with Gasteiger partial charge in [0.15, 0.2) is 0 Å². The maximum absolute atomic E-state index is 10.8. The number of aromatic amines is 1. The minimum absolute atomic E-state index is 0.275. The van der Waals surface area contributed by atoms with Gasteiger partial charge in [0.05, 0.1) is 0 Å². The molecule has 0 saturated heterocycles. The van der Waals surface area contributed by atoms with E-state index in [-0.39, 0.29) is 14.5 Å². The van der Waals surface area contributed by atoms with E-state index in [1.54, 1.807) is 6.07 Å². The van der Waals surface area contributed by atoms with Gasteiger partial charge in [-0.25, -0.2) is 0 Å². The van der Waals surface area contributed by atoms with Crippen LogP contribution in [0.4, 0.5) is 0 Å². The number of hydrogen-bond donors (Lipinski definition) is 1. The molecule has 2 aromatic heterocycles. The average molecular weight is 227 g/mol. The maximum atomic E-state index is 10.8. The monoisotopic (exact) mass is 228 g/mol. The Hall–Kier alpha value is -1.19. The van der Waals surface area contributed by atoms with Crippen molar-refractivity contribution in [2.75, 3.05) is 0 Å². The number of fused-ring (bicyclic) bond motifs is 1. The van der Waals surface area contributed by atoms with Gasteiger partial charge in [0.1, 0.15) is 0 Å². The van der Waals surface area contributed by atoms with Crippen molar-refractivity contribution < 1.29 is 4.79 Å². The van der Waals surface area contributed by atoms with Crippen LogP contribution >= 0.6 is 0 Å². The molecule has 0 aromatic carbocycles. The van der Waals surface area contributed by atoms with Crippen molar-refractivity contribution in [3.8, 4) is 0 Å². The molecule has 0 radical (unpaired) electrons. The van der Waals surface area contributed by atoms with Crippen molar-refractivity contribution in [3.63, 3.8) is 0 Å². The second kappa shape index (κ2) is 2.69. The molecule has 12 heavy (non-hydrogen) atoms. The van der Waals surface area contributed by atoms with Crippen LogP contribution in [0.15, 0.2) is 22.2 Å². The topological polar surface area (TPSA) is 62.3 Å². The summed E-state index contributed by atoms with van der Waals surface area (Å²) in [5, 5.41) is 3.34. The summed E-state index contributed by atoms with van der Waals surface area (Å²) < 4.78 is 1.04. The van der Waals surface area contributed by atoms with Crippen LogP contribution in [-0.2, 0) is 0 Å². The molecule has 0 aliphatic carbocycles. The van der Waals surface area contributed by atoms with Gasteiger partial charge in [-0.3, -0.25) is 0 Å². The van der Waals surface area contributed by atoms with Crippen LogP contribution in [0.1, 0.15) is 10.5 Å². The summed E-state index contributed by atoms with van der Waals surface area (Å²) >= 11 is 0.275. The molecule has 0 atom stereocenters. The molecule has 4 nitrogen and oxygen atoms in total. The number of H-pyrrole nitrogens is 1. The van der Waals surface area contributed by atoms with E-state index in [1.165, 1.54) is 0 Å². The van der Waals surface area contributed by atoms with Crippen molar-refractivity contribution >= 4 is 30.2 Å². The van der Waals surface area contributed by atoms with E-state index in [0.717, 1.165) is 9.78 Å². The second-order valence-electron chi connectivity index (χ2n) is 2.28. The van der Waals surface area contributed by atoms with E-state index in [0.29, 0.717) is 5.69 Å². The van der Waals surface area contributed by atoms with Gasteiger partial charge in [0.25, 0.3) is 0 Å². The fourth-order valence-electron chi connectivity index (χ4n) is 1.01. The predicted molar refractivity (Wildman–Crippen MR) is 45.4 cm³/mol. The third-order valence-electron chi connectivity index (χ3n) is 1.56.